The van der Waals surface area contributed by atoms with Gasteiger partial charge in [0.2, 0.25) is 0 Å². The molecule has 19 heteroatoms. The van der Waals surface area contributed by atoms with E-state index in [2.05, 4.69) is 48.5 Å². The Bertz CT molecular complexity index is 1750. The molecule has 0 saturated carbocycles. The number of aliphatic hydroxyl groups excluding tert-OH is 1. The maximum absolute atomic E-state index is 13.0. The lowest BCUT2D eigenvalue weighted by Gasteiger charge is -2.21. The Morgan fingerprint density at radius 1 is 0.303 bits per heavy atom. The van der Waals surface area contributed by atoms with Gasteiger partial charge >= 0.3 is 39.5 Å². The van der Waals surface area contributed by atoms with Crippen LogP contribution in [0.15, 0.2) is 0 Å². The summed E-state index contributed by atoms with van der Waals surface area (Å²) in [6.07, 6.45) is 44.8. The molecule has 0 bridgehead atoms. The van der Waals surface area contributed by atoms with E-state index in [1.165, 1.54) is 148 Å². The van der Waals surface area contributed by atoms with Gasteiger partial charge in [-0.25, -0.2) is 9.13 Å². The Kier molecular flexibility index (Phi) is 59.6. The van der Waals surface area contributed by atoms with Crippen LogP contribution in [0.25, 0.3) is 0 Å². The normalized spacial score (nSPS) is 14.2. The largest absolute Gasteiger partial charge is 0.472 e. The van der Waals surface area contributed by atoms with E-state index in [-0.39, 0.29) is 25.7 Å². The summed E-state index contributed by atoms with van der Waals surface area (Å²) in [5.74, 6) is -0.0261. The Labute approximate surface area is 543 Å². The Hall–Kier alpha value is -1.94. The van der Waals surface area contributed by atoms with E-state index in [0.717, 1.165) is 103 Å². The van der Waals surface area contributed by atoms with Crippen LogP contribution in [0.2, 0.25) is 0 Å². The lowest BCUT2D eigenvalue weighted by molar-refractivity contribution is -0.161. The van der Waals surface area contributed by atoms with Crippen molar-refractivity contribution >= 4 is 39.5 Å². The Balaban J connectivity index is 5.18. The van der Waals surface area contributed by atoms with Crippen LogP contribution in [-0.4, -0.2) is 96.7 Å². The van der Waals surface area contributed by atoms with Crippen LogP contribution in [0.4, 0.5) is 0 Å². The lowest BCUT2D eigenvalue weighted by atomic mass is 10.0. The quantitative estimate of drug-likeness (QED) is 0.0222. The topological polar surface area (TPSA) is 237 Å². The number of hydrogen-bond acceptors (Lipinski definition) is 15. The molecule has 3 N–H and O–H groups in total. The lowest BCUT2D eigenvalue weighted by Crippen LogP contribution is -2.30. The van der Waals surface area contributed by atoms with Crippen molar-refractivity contribution in [2.24, 2.45) is 17.8 Å². The second kappa shape index (κ2) is 61.0. The van der Waals surface area contributed by atoms with Crippen molar-refractivity contribution in [2.75, 3.05) is 39.6 Å². The van der Waals surface area contributed by atoms with Crippen LogP contribution in [0.3, 0.4) is 0 Å². The zero-order chi connectivity index (χ0) is 65.9. The van der Waals surface area contributed by atoms with Gasteiger partial charge in [-0.15, -0.1) is 0 Å². The third kappa shape index (κ3) is 64.6. The molecule has 0 rings (SSSR count). The molecule has 0 amide bonds. The van der Waals surface area contributed by atoms with Crippen LogP contribution in [0.1, 0.15) is 350 Å². The molecule has 0 aliphatic rings. The number of aliphatic hydroxyl groups is 1. The standard InChI is InChI=1S/C70H136O17P2/c1-8-9-10-11-12-13-14-15-16-17-18-19-20-21-22-23-30-39-46-53-69(74)86-65(57-80-67(72)51-44-37-31-24-27-34-41-48-61(2)3)59-84-88(76,77)82-55-64(71)56-83-89(78,79)85-60-66(87-70(75)54-47-40-33-26-29-36-43-50-63(6)7)58-81-68(73)52-45-38-32-25-28-35-42-49-62(4)5/h61-66,71H,8-60H2,1-7H3,(H,76,77)(H,78,79)/t64-,65-,66-/m1/s1. The minimum Gasteiger partial charge on any atom is -0.462 e. The fourth-order valence-electron chi connectivity index (χ4n) is 10.5. The number of unbranched alkanes of at least 4 members (excludes halogenated alkanes) is 36. The second-order valence-corrected chi connectivity index (χ2v) is 29.6. The molecule has 17 nitrogen and oxygen atoms in total. The molecule has 0 aromatic heterocycles. The minimum absolute atomic E-state index is 0.102. The summed E-state index contributed by atoms with van der Waals surface area (Å²) in [5.41, 5.74) is 0. The molecular formula is C70H136O17P2. The van der Waals surface area contributed by atoms with Crippen molar-refractivity contribution in [3.05, 3.63) is 0 Å². The van der Waals surface area contributed by atoms with E-state index in [1.54, 1.807) is 0 Å². The summed E-state index contributed by atoms with van der Waals surface area (Å²) >= 11 is 0. The molecule has 0 aliphatic heterocycles. The zero-order valence-corrected chi connectivity index (χ0v) is 59.7. The van der Waals surface area contributed by atoms with E-state index in [1.807, 2.05) is 0 Å². The first-order valence-corrected chi connectivity index (χ1v) is 39.3. The van der Waals surface area contributed by atoms with Gasteiger partial charge in [0.15, 0.2) is 12.2 Å². The Morgan fingerprint density at radius 3 is 0.764 bits per heavy atom. The zero-order valence-electron chi connectivity index (χ0n) is 57.9. The average molecular weight is 1310 g/mol. The molecule has 5 atom stereocenters. The van der Waals surface area contributed by atoms with Gasteiger partial charge in [-0.2, -0.15) is 0 Å². The maximum Gasteiger partial charge on any atom is 0.472 e. The van der Waals surface area contributed by atoms with Gasteiger partial charge in [0, 0.05) is 25.7 Å². The molecule has 0 saturated heterocycles. The van der Waals surface area contributed by atoms with Gasteiger partial charge in [0.05, 0.1) is 26.4 Å². The number of hydrogen-bond donors (Lipinski definition) is 3. The van der Waals surface area contributed by atoms with Gasteiger partial charge in [-0.05, 0) is 43.4 Å². The smallest absolute Gasteiger partial charge is 0.462 e. The molecule has 89 heavy (non-hydrogen) atoms. The maximum atomic E-state index is 13.0. The van der Waals surface area contributed by atoms with Gasteiger partial charge < -0.3 is 33.8 Å². The molecule has 2 unspecified atom stereocenters. The fourth-order valence-corrected chi connectivity index (χ4v) is 12.1. The summed E-state index contributed by atoms with van der Waals surface area (Å²) in [6.45, 7) is 11.7. The van der Waals surface area contributed by atoms with Crippen LogP contribution >= 0.6 is 15.6 Å². The van der Waals surface area contributed by atoms with E-state index in [0.29, 0.717) is 43.4 Å². The number of phosphoric acid groups is 2. The van der Waals surface area contributed by atoms with E-state index < -0.39 is 97.5 Å². The summed E-state index contributed by atoms with van der Waals surface area (Å²) < 4.78 is 68.2. The number of carbonyl (C=O) groups is 4. The first-order valence-electron chi connectivity index (χ1n) is 36.3. The van der Waals surface area contributed by atoms with Crippen molar-refractivity contribution < 1.29 is 80.2 Å². The van der Waals surface area contributed by atoms with Crippen LogP contribution in [-0.2, 0) is 65.4 Å². The Morgan fingerprint density at radius 2 is 0.517 bits per heavy atom. The number of esters is 4. The molecule has 0 spiro atoms. The predicted molar refractivity (Wildman–Crippen MR) is 358 cm³/mol. The number of carbonyl (C=O) groups excluding carboxylic acids is 4. The highest BCUT2D eigenvalue weighted by Gasteiger charge is 2.30. The molecule has 0 aliphatic carbocycles. The van der Waals surface area contributed by atoms with E-state index >= 15 is 0 Å². The first kappa shape index (κ1) is 87.1. The molecule has 0 aromatic carbocycles. The van der Waals surface area contributed by atoms with E-state index in [4.69, 9.17) is 37.0 Å². The predicted octanol–water partition coefficient (Wildman–Crippen LogP) is 19.8. The number of ether oxygens (including phenoxy) is 4. The van der Waals surface area contributed by atoms with Crippen LogP contribution in [0.5, 0.6) is 0 Å². The second-order valence-electron chi connectivity index (χ2n) is 26.7. The van der Waals surface area contributed by atoms with Gasteiger partial charge in [0.25, 0.3) is 0 Å². The highest BCUT2D eigenvalue weighted by atomic mass is 31.2. The van der Waals surface area contributed by atoms with Crippen LogP contribution in [0, 0.1) is 17.8 Å². The number of phosphoric ester groups is 2. The molecular weight excluding hydrogens is 1170 g/mol. The van der Waals surface area contributed by atoms with Crippen molar-refractivity contribution in [3.63, 3.8) is 0 Å². The van der Waals surface area contributed by atoms with E-state index in [9.17, 15) is 43.2 Å². The van der Waals surface area contributed by atoms with Gasteiger partial charge in [0.1, 0.15) is 19.3 Å². The third-order valence-electron chi connectivity index (χ3n) is 16.1. The highest BCUT2D eigenvalue weighted by molar-refractivity contribution is 7.47. The molecule has 528 valence electrons. The molecule has 0 radical (unpaired) electrons. The molecule has 0 heterocycles. The van der Waals surface area contributed by atoms with Crippen molar-refractivity contribution in [2.45, 2.75) is 369 Å². The molecule has 0 aromatic rings. The van der Waals surface area contributed by atoms with Gasteiger partial charge in [-0.1, -0.05) is 299 Å². The summed E-state index contributed by atoms with van der Waals surface area (Å²) in [6, 6.07) is 0. The first-order chi connectivity index (χ1) is 42.7. The minimum atomic E-state index is -4.95. The third-order valence-corrected chi connectivity index (χ3v) is 18.0. The van der Waals surface area contributed by atoms with Gasteiger partial charge in [-0.3, -0.25) is 37.3 Å². The average Bonchev–Trinajstić information content (AvgIpc) is 3.70. The fraction of sp³-hybridized carbons (Fsp3) is 0.943. The summed E-state index contributed by atoms with van der Waals surface area (Å²) in [7, 11) is -9.90. The highest BCUT2D eigenvalue weighted by Crippen LogP contribution is 2.45. The summed E-state index contributed by atoms with van der Waals surface area (Å²) in [4.78, 5) is 72.4. The monoisotopic (exact) mass is 1310 g/mol. The SMILES string of the molecule is CCCCCCCCCCCCCCCCCCCCCC(=O)O[C@H](COC(=O)CCCCCCCCCC(C)C)COP(=O)(O)OC[C@@H](O)COP(=O)(O)OC[C@@H](COC(=O)CCCCCCCCCC(C)C)OC(=O)CCCCCCCCCC(C)C. The molecule has 0 fully saturated rings. The van der Waals surface area contributed by atoms with Crippen LogP contribution < -0.4 is 0 Å². The van der Waals surface area contributed by atoms with Crippen molar-refractivity contribution in [1.29, 1.82) is 0 Å². The van der Waals surface area contributed by atoms with Crippen molar-refractivity contribution in [1.82, 2.24) is 0 Å². The van der Waals surface area contributed by atoms with Crippen molar-refractivity contribution in [3.8, 4) is 0 Å². The summed E-state index contributed by atoms with van der Waals surface area (Å²) in [5, 5.41) is 10.6. The number of rotatable bonds is 68.